The van der Waals surface area contributed by atoms with Gasteiger partial charge in [-0.25, -0.2) is 9.97 Å². The second kappa shape index (κ2) is 14.2. The van der Waals surface area contributed by atoms with Crippen LogP contribution in [0.5, 0.6) is 11.5 Å². The lowest BCUT2D eigenvalue weighted by Gasteiger charge is -2.23. The third-order valence-electron chi connectivity index (χ3n) is 6.66. The Morgan fingerprint density at radius 2 is 1.81 bits per heavy atom. The van der Waals surface area contributed by atoms with E-state index in [1.807, 2.05) is 43.4 Å². The lowest BCUT2D eigenvalue weighted by molar-refractivity contribution is 0.0925. The Morgan fingerprint density at radius 3 is 2.52 bits per heavy atom. The van der Waals surface area contributed by atoms with Crippen molar-refractivity contribution >= 4 is 23.5 Å². The molecule has 0 fully saturated rings. The molecule has 222 valence electrons. The number of nitrogens with one attached hydrogen (secondary N) is 1. The van der Waals surface area contributed by atoms with E-state index in [1.165, 1.54) is 11.8 Å². The van der Waals surface area contributed by atoms with Crippen molar-refractivity contribution in [1.29, 1.82) is 0 Å². The molecule has 1 amide bonds. The van der Waals surface area contributed by atoms with E-state index in [0.717, 1.165) is 41.5 Å². The number of carbonyl (C=O) groups is 1. The van der Waals surface area contributed by atoms with Crippen molar-refractivity contribution < 1.29 is 18.7 Å². The molecule has 0 spiro atoms. The first kappa shape index (κ1) is 30.9. The fourth-order valence-corrected chi connectivity index (χ4v) is 4.90. The highest BCUT2D eigenvalue weighted by Gasteiger charge is 2.20. The number of amides is 1. The number of hydrogen-bond donors (Lipinski definition) is 1. The molecular weight excluding hydrogens is 550 g/mol. The Hall–Kier alpha value is -4.05. The standard InChI is InChI=1S/C32H39N5O4S/c1-32(2,3)28-20-29(37(4)18-15-22-10-12-25(39-5)27(19-22)40-6)36-31(35-28)42-21-24-11-13-26(41-24)30(38)34-17-14-23-9-7-8-16-33-23/h7-13,16,19-20H,14-15,17-18,21H2,1-6H3,(H,34,38). The van der Waals surface area contributed by atoms with Crippen LogP contribution in [0.25, 0.3) is 0 Å². The topological polar surface area (TPSA) is 103 Å². The summed E-state index contributed by atoms with van der Waals surface area (Å²) in [4.78, 5) is 28.7. The van der Waals surface area contributed by atoms with Gasteiger partial charge in [-0.3, -0.25) is 9.78 Å². The predicted octanol–water partition coefficient (Wildman–Crippen LogP) is 5.72. The fourth-order valence-electron chi connectivity index (χ4n) is 4.16. The number of ether oxygens (including phenoxy) is 2. The molecule has 0 aliphatic rings. The molecule has 0 aliphatic carbocycles. The molecule has 0 bridgehead atoms. The van der Waals surface area contributed by atoms with Gasteiger partial charge in [-0.2, -0.15) is 0 Å². The van der Waals surface area contributed by atoms with Gasteiger partial charge >= 0.3 is 0 Å². The fraction of sp³-hybridized carbons (Fsp3) is 0.375. The molecule has 0 atom stereocenters. The van der Waals surface area contributed by atoms with Crippen LogP contribution in [0.4, 0.5) is 5.82 Å². The monoisotopic (exact) mass is 589 g/mol. The normalized spacial score (nSPS) is 11.3. The average Bonchev–Trinajstić information content (AvgIpc) is 3.48. The number of pyridine rings is 1. The van der Waals surface area contributed by atoms with Gasteiger partial charge in [0.15, 0.2) is 22.4 Å². The van der Waals surface area contributed by atoms with Gasteiger partial charge in [-0.15, -0.1) is 0 Å². The second-order valence-corrected chi connectivity index (χ2v) is 11.8. The molecule has 0 radical (unpaired) electrons. The largest absolute Gasteiger partial charge is 0.493 e. The maximum atomic E-state index is 12.6. The molecule has 0 saturated heterocycles. The first-order chi connectivity index (χ1) is 20.2. The highest BCUT2D eigenvalue weighted by Crippen LogP contribution is 2.30. The summed E-state index contributed by atoms with van der Waals surface area (Å²) in [7, 11) is 5.32. The molecule has 1 N–H and O–H groups in total. The minimum atomic E-state index is -0.244. The summed E-state index contributed by atoms with van der Waals surface area (Å²) in [5, 5.41) is 3.55. The molecule has 1 aromatic carbocycles. The Bertz CT molecular complexity index is 1470. The molecule has 9 nitrogen and oxygen atoms in total. The van der Waals surface area contributed by atoms with Crippen LogP contribution in [0.2, 0.25) is 0 Å². The number of furan rings is 1. The van der Waals surface area contributed by atoms with Crippen LogP contribution in [0.3, 0.4) is 0 Å². The van der Waals surface area contributed by atoms with E-state index in [0.29, 0.717) is 35.4 Å². The number of aromatic nitrogens is 3. The molecule has 0 aliphatic heterocycles. The highest BCUT2D eigenvalue weighted by molar-refractivity contribution is 7.98. The third kappa shape index (κ3) is 8.48. The number of nitrogens with zero attached hydrogens (tertiary/aromatic N) is 4. The van der Waals surface area contributed by atoms with Gasteiger partial charge in [-0.05, 0) is 48.4 Å². The average molecular weight is 590 g/mol. The van der Waals surface area contributed by atoms with Crippen LogP contribution in [0, 0.1) is 0 Å². The summed E-state index contributed by atoms with van der Waals surface area (Å²) >= 11 is 1.49. The molecule has 4 aromatic rings. The van der Waals surface area contributed by atoms with Gasteiger partial charge in [0.2, 0.25) is 0 Å². The Kier molecular flexibility index (Phi) is 10.5. The number of hydrogen-bond acceptors (Lipinski definition) is 9. The first-order valence-corrected chi connectivity index (χ1v) is 14.9. The number of thioether (sulfide) groups is 1. The lowest BCUT2D eigenvalue weighted by atomic mass is 9.92. The van der Waals surface area contributed by atoms with E-state index in [1.54, 1.807) is 26.5 Å². The van der Waals surface area contributed by atoms with Gasteiger partial charge in [0.1, 0.15) is 11.6 Å². The van der Waals surface area contributed by atoms with E-state index in [4.69, 9.17) is 23.9 Å². The van der Waals surface area contributed by atoms with Crippen molar-refractivity contribution in [1.82, 2.24) is 20.3 Å². The quantitative estimate of drug-likeness (QED) is 0.155. The number of likely N-dealkylation sites (N-methyl/N-ethyl adjacent to an activating group) is 1. The minimum absolute atomic E-state index is 0.150. The molecule has 0 saturated carbocycles. The van der Waals surface area contributed by atoms with Crippen LogP contribution in [-0.2, 0) is 24.0 Å². The van der Waals surface area contributed by atoms with E-state index < -0.39 is 0 Å². The number of benzene rings is 1. The van der Waals surface area contributed by atoms with Crippen molar-refractivity contribution in [3.05, 3.63) is 89.3 Å². The van der Waals surface area contributed by atoms with Gasteiger partial charge in [-0.1, -0.05) is 44.7 Å². The van der Waals surface area contributed by atoms with Crippen molar-refractivity contribution in [2.45, 2.75) is 49.9 Å². The molecular formula is C32H39N5O4S. The van der Waals surface area contributed by atoms with E-state index in [2.05, 4.69) is 48.1 Å². The summed E-state index contributed by atoms with van der Waals surface area (Å²) < 4.78 is 16.6. The molecule has 42 heavy (non-hydrogen) atoms. The van der Waals surface area contributed by atoms with Gasteiger partial charge < -0.3 is 24.1 Å². The summed E-state index contributed by atoms with van der Waals surface area (Å²) in [6.45, 7) is 7.67. The van der Waals surface area contributed by atoms with E-state index in [-0.39, 0.29) is 17.1 Å². The number of anilines is 1. The smallest absolute Gasteiger partial charge is 0.287 e. The Morgan fingerprint density at radius 1 is 1.00 bits per heavy atom. The highest BCUT2D eigenvalue weighted by atomic mass is 32.2. The van der Waals surface area contributed by atoms with Crippen molar-refractivity contribution in [3.63, 3.8) is 0 Å². The van der Waals surface area contributed by atoms with Crippen LogP contribution in [0.1, 0.15) is 54.0 Å². The van der Waals surface area contributed by atoms with Crippen LogP contribution in [0.15, 0.2) is 70.4 Å². The zero-order valence-electron chi connectivity index (χ0n) is 25.1. The molecule has 10 heteroatoms. The SMILES string of the molecule is COc1ccc(CCN(C)c2cc(C(C)(C)C)nc(SCc3ccc(C(=O)NCCc4ccccn4)o3)n2)cc1OC. The first-order valence-electron chi connectivity index (χ1n) is 13.9. The Balaban J connectivity index is 1.38. The van der Waals surface area contributed by atoms with Crippen LogP contribution < -0.4 is 19.7 Å². The summed E-state index contributed by atoms with van der Waals surface area (Å²) in [6, 6.07) is 17.3. The zero-order valence-corrected chi connectivity index (χ0v) is 26.0. The summed E-state index contributed by atoms with van der Waals surface area (Å²) in [5.41, 5.74) is 2.88. The minimum Gasteiger partial charge on any atom is -0.493 e. The second-order valence-electron chi connectivity index (χ2n) is 10.9. The number of methoxy groups -OCH3 is 2. The lowest BCUT2D eigenvalue weighted by Crippen LogP contribution is -2.25. The predicted molar refractivity (Wildman–Crippen MR) is 166 cm³/mol. The van der Waals surface area contributed by atoms with Crippen molar-refractivity contribution in [3.8, 4) is 11.5 Å². The number of rotatable bonds is 13. The van der Waals surface area contributed by atoms with Gasteiger partial charge in [0, 0.05) is 49.9 Å². The summed E-state index contributed by atoms with van der Waals surface area (Å²) in [5.74, 6) is 3.51. The van der Waals surface area contributed by atoms with Crippen LogP contribution >= 0.6 is 11.8 Å². The molecule has 4 rings (SSSR count). The maximum absolute atomic E-state index is 12.6. The molecule has 0 unspecified atom stereocenters. The Labute approximate surface area is 252 Å². The van der Waals surface area contributed by atoms with Gasteiger partial charge in [0.05, 0.1) is 25.7 Å². The van der Waals surface area contributed by atoms with E-state index in [9.17, 15) is 4.79 Å². The van der Waals surface area contributed by atoms with Crippen molar-refractivity contribution in [2.75, 3.05) is 39.3 Å². The molecule has 3 heterocycles. The molecule has 3 aromatic heterocycles. The van der Waals surface area contributed by atoms with Crippen molar-refractivity contribution in [2.24, 2.45) is 0 Å². The summed E-state index contributed by atoms with van der Waals surface area (Å²) in [6.07, 6.45) is 3.21. The number of carbonyl (C=O) groups excluding carboxylic acids is 1. The zero-order chi connectivity index (χ0) is 30.1. The van der Waals surface area contributed by atoms with E-state index >= 15 is 0 Å². The van der Waals surface area contributed by atoms with Crippen LogP contribution in [-0.4, -0.2) is 55.2 Å². The maximum Gasteiger partial charge on any atom is 0.287 e. The van der Waals surface area contributed by atoms with Gasteiger partial charge in [0.25, 0.3) is 5.91 Å². The third-order valence-corrected chi connectivity index (χ3v) is 7.53.